The number of nitrogens with zero attached hydrogens (tertiary/aromatic N) is 2. The molecule has 0 radical (unpaired) electrons. The van der Waals surface area contributed by atoms with Gasteiger partial charge in [0, 0.05) is 17.4 Å². The van der Waals surface area contributed by atoms with E-state index in [1.807, 2.05) is 65.8 Å². The number of carbonyl (C=O) groups is 5. The summed E-state index contributed by atoms with van der Waals surface area (Å²) in [6.07, 6.45) is 1.65. The van der Waals surface area contributed by atoms with Gasteiger partial charge in [-0.2, -0.15) is 0 Å². The Hall–Kier alpha value is -4.07. The molecule has 212 valence electrons. The van der Waals surface area contributed by atoms with Gasteiger partial charge in [0.2, 0.25) is 23.6 Å². The van der Waals surface area contributed by atoms with Gasteiger partial charge in [0.05, 0.1) is 41.7 Å². The minimum absolute atomic E-state index is 0.122. The Morgan fingerprint density at radius 1 is 0.634 bits per heavy atom. The zero-order chi connectivity index (χ0) is 29.7. The molecule has 0 unspecified atom stereocenters. The Morgan fingerprint density at radius 2 is 1.00 bits per heavy atom. The number of rotatable bonds is 4. The van der Waals surface area contributed by atoms with Crippen molar-refractivity contribution in [2.75, 3.05) is 16.4 Å². The van der Waals surface area contributed by atoms with Crippen molar-refractivity contribution in [3.05, 3.63) is 69.3 Å². The third-order valence-corrected chi connectivity index (χ3v) is 9.36. The number of ether oxygens (including phenoxy) is 1. The van der Waals surface area contributed by atoms with Gasteiger partial charge in [0.1, 0.15) is 0 Å². The van der Waals surface area contributed by atoms with Crippen molar-refractivity contribution in [3.63, 3.8) is 0 Å². The van der Waals surface area contributed by atoms with Crippen molar-refractivity contribution in [3.8, 4) is 0 Å². The van der Waals surface area contributed by atoms with Gasteiger partial charge in [-0.05, 0) is 70.7 Å². The van der Waals surface area contributed by atoms with Crippen LogP contribution in [0.15, 0.2) is 35.9 Å². The SMILES string of the molecule is CCOC(=O)C1=CC2[C@@H]3C(=O)N(c4c(C)cc(C)cc4C)C(=O)[C@@H]3C1[C@H]1C(=O)N(c3c(C)cc(C)cc3C)C(=O)[C@@H]21. The van der Waals surface area contributed by atoms with Gasteiger partial charge in [-0.3, -0.25) is 19.2 Å². The van der Waals surface area contributed by atoms with Crippen molar-refractivity contribution in [2.24, 2.45) is 35.5 Å². The van der Waals surface area contributed by atoms with Crippen molar-refractivity contribution < 1.29 is 28.7 Å². The standard InChI is InChI=1S/C33H34N2O6/c1-8-41-33(40)21-13-20-23-25(31(38)34(29(23)36)27-16(4)9-14(2)10-17(27)5)22(21)26-24(20)30(37)35(32(26)39)28-18(6)11-15(3)12-19(28)7/h9-13,20,22-26H,8H2,1-7H3/t20?,22?,23-,24-,25+,26+/m0/s1. The maximum absolute atomic E-state index is 14.2. The normalized spacial score (nSPS) is 28.3. The van der Waals surface area contributed by atoms with Crippen molar-refractivity contribution >= 4 is 41.0 Å². The molecule has 7 rings (SSSR count). The summed E-state index contributed by atoms with van der Waals surface area (Å²) in [5.74, 6) is -7.52. The smallest absolute Gasteiger partial charge is 0.334 e. The van der Waals surface area contributed by atoms with Crippen LogP contribution in [0.2, 0.25) is 0 Å². The zero-order valence-corrected chi connectivity index (χ0v) is 24.4. The second-order valence-corrected chi connectivity index (χ2v) is 12.1. The highest BCUT2D eigenvalue weighted by molar-refractivity contribution is 6.27. The molecule has 4 amide bonds. The Labute approximate surface area is 239 Å². The van der Waals surface area contributed by atoms with Gasteiger partial charge in [0.25, 0.3) is 0 Å². The van der Waals surface area contributed by atoms with Crippen LogP contribution >= 0.6 is 0 Å². The van der Waals surface area contributed by atoms with Crippen LogP contribution in [0.5, 0.6) is 0 Å². The lowest BCUT2D eigenvalue weighted by Crippen LogP contribution is -2.53. The number of carbonyl (C=O) groups excluding carboxylic acids is 5. The molecule has 1 saturated carbocycles. The second kappa shape index (κ2) is 9.23. The van der Waals surface area contributed by atoms with E-state index < -0.39 is 53.3 Å². The predicted molar refractivity (Wildman–Crippen MR) is 152 cm³/mol. The van der Waals surface area contributed by atoms with Gasteiger partial charge in [-0.1, -0.05) is 41.5 Å². The van der Waals surface area contributed by atoms with E-state index in [-0.39, 0.29) is 24.0 Å². The van der Waals surface area contributed by atoms with E-state index in [4.69, 9.17) is 4.74 Å². The van der Waals surface area contributed by atoms with Crippen molar-refractivity contribution in [1.29, 1.82) is 0 Å². The van der Waals surface area contributed by atoms with Crippen LogP contribution in [-0.4, -0.2) is 36.2 Å². The summed E-state index contributed by atoms with van der Waals surface area (Å²) < 4.78 is 5.35. The first-order valence-corrected chi connectivity index (χ1v) is 14.2. The fourth-order valence-corrected chi connectivity index (χ4v) is 8.26. The number of hydrogen-bond acceptors (Lipinski definition) is 6. The number of hydrogen-bond donors (Lipinski definition) is 0. The maximum Gasteiger partial charge on any atom is 0.334 e. The zero-order valence-electron chi connectivity index (χ0n) is 24.4. The molecule has 3 aliphatic carbocycles. The minimum Gasteiger partial charge on any atom is -0.463 e. The van der Waals surface area contributed by atoms with Crippen LogP contribution in [-0.2, 0) is 28.7 Å². The van der Waals surface area contributed by atoms with E-state index in [0.717, 1.165) is 33.4 Å². The fraction of sp³-hybridized carbons (Fsp3) is 0.424. The molecular weight excluding hydrogens is 520 g/mol. The highest BCUT2D eigenvalue weighted by Crippen LogP contribution is 2.61. The van der Waals surface area contributed by atoms with E-state index in [9.17, 15) is 24.0 Å². The summed E-state index contributed by atoms with van der Waals surface area (Å²) in [6, 6.07) is 7.70. The lowest BCUT2D eigenvalue weighted by Gasteiger charge is -2.46. The van der Waals surface area contributed by atoms with E-state index >= 15 is 0 Å². The monoisotopic (exact) mass is 554 g/mol. The van der Waals surface area contributed by atoms with Gasteiger partial charge >= 0.3 is 5.97 Å². The molecular formula is C33H34N2O6. The van der Waals surface area contributed by atoms with Crippen LogP contribution in [0, 0.1) is 77.0 Å². The molecule has 2 aromatic rings. The summed E-state index contributed by atoms with van der Waals surface area (Å²) in [7, 11) is 0. The van der Waals surface area contributed by atoms with Crippen LogP contribution in [0.4, 0.5) is 11.4 Å². The molecule has 2 aliphatic heterocycles. The molecule has 0 N–H and O–H groups in total. The number of anilines is 2. The molecule has 5 aliphatic rings. The molecule has 2 bridgehead atoms. The number of aryl methyl sites for hydroxylation is 6. The first kappa shape index (κ1) is 27.1. The third-order valence-electron chi connectivity index (χ3n) is 9.36. The summed E-state index contributed by atoms with van der Waals surface area (Å²) in [5.41, 5.74) is 6.48. The molecule has 8 nitrogen and oxygen atoms in total. The lowest BCUT2D eigenvalue weighted by atomic mass is 9.52. The first-order valence-electron chi connectivity index (χ1n) is 14.2. The minimum atomic E-state index is -0.936. The van der Waals surface area contributed by atoms with E-state index in [0.29, 0.717) is 11.4 Å². The van der Waals surface area contributed by atoms with Crippen LogP contribution < -0.4 is 9.80 Å². The Kier molecular flexibility index (Phi) is 6.10. The summed E-state index contributed by atoms with van der Waals surface area (Å²) in [4.78, 5) is 72.5. The van der Waals surface area contributed by atoms with Gasteiger partial charge in [-0.15, -0.1) is 0 Å². The van der Waals surface area contributed by atoms with Crippen molar-refractivity contribution in [1.82, 2.24) is 0 Å². The molecule has 2 aromatic carbocycles. The maximum atomic E-state index is 14.2. The van der Waals surface area contributed by atoms with Gasteiger partial charge in [-0.25, -0.2) is 14.6 Å². The number of benzene rings is 2. The molecule has 41 heavy (non-hydrogen) atoms. The molecule has 0 spiro atoms. The molecule has 2 heterocycles. The number of amides is 4. The molecule has 2 saturated heterocycles. The Balaban J connectivity index is 1.50. The highest BCUT2D eigenvalue weighted by atomic mass is 16.5. The van der Waals surface area contributed by atoms with E-state index in [1.165, 1.54) is 9.80 Å². The van der Waals surface area contributed by atoms with E-state index in [2.05, 4.69) is 0 Å². The number of allylic oxidation sites excluding steroid dienone is 1. The molecule has 0 aromatic heterocycles. The van der Waals surface area contributed by atoms with Gasteiger partial charge < -0.3 is 4.74 Å². The predicted octanol–water partition coefficient (Wildman–Crippen LogP) is 4.20. The third kappa shape index (κ3) is 3.62. The number of imide groups is 2. The average molecular weight is 555 g/mol. The first-order chi connectivity index (χ1) is 19.4. The average Bonchev–Trinajstić information content (AvgIpc) is 3.30. The summed E-state index contributed by atoms with van der Waals surface area (Å²) >= 11 is 0. The van der Waals surface area contributed by atoms with Gasteiger partial charge in [0.15, 0.2) is 0 Å². The van der Waals surface area contributed by atoms with Crippen LogP contribution in [0.1, 0.15) is 40.3 Å². The highest BCUT2D eigenvalue weighted by Gasteiger charge is 2.71. The van der Waals surface area contributed by atoms with Crippen molar-refractivity contribution in [2.45, 2.75) is 48.5 Å². The summed E-state index contributed by atoms with van der Waals surface area (Å²) in [6.45, 7) is 13.2. The molecule has 8 heteroatoms. The number of esters is 1. The molecule has 4 atom stereocenters. The largest absolute Gasteiger partial charge is 0.463 e. The fourth-order valence-electron chi connectivity index (χ4n) is 8.26. The summed E-state index contributed by atoms with van der Waals surface area (Å²) in [5, 5.41) is 0. The Bertz CT molecular complexity index is 1470. The molecule has 3 fully saturated rings. The van der Waals surface area contributed by atoms with E-state index in [1.54, 1.807) is 13.0 Å². The van der Waals surface area contributed by atoms with Crippen LogP contribution in [0.25, 0.3) is 0 Å². The Morgan fingerprint density at radius 3 is 1.37 bits per heavy atom. The quantitative estimate of drug-likeness (QED) is 0.415. The lowest BCUT2D eigenvalue weighted by molar-refractivity contribution is -0.146. The van der Waals surface area contributed by atoms with Crippen LogP contribution in [0.3, 0.4) is 0 Å². The topological polar surface area (TPSA) is 101 Å². The second-order valence-electron chi connectivity index (χ2n) is 12.1.